The fourth-order valence-corrected chi connectivity index (χ4v) is 4.85. The highest BCUT2D eigenvalue weighted by Crippen LogP contribution is 2.32. The molecule has 37 heavy (non-hydrogen) atoms. The Morgan fingerprint density at radius 1 is 0.568 bits per heavy atom. The average molecular weight is 538 g/mol. The lowest BCUT2D eigenvalue weighted by Gasteiger charge is -2.49. The molecule has 0 radical (unpaired) electrons. The van der Waals surface area contributed by atoms with Gasteiger partial charge in [-0.25, -0.2) is 0 Å². The highest BCUT2D eigenvalue weighted by atomic mass is 16.8. The van der Waals surface area contributed by atoms with Crippen LogP contribution in [0.15, 0.2) is 0 Å². The predicted molar refractivity (Wildman–Crippen MR) is 118 cm³/mol. The van der Waals surface area contributed by atoms with Crippen molar-refractivity contribution >= 4 is 19.2 Å². The van der Waals surface area contributed by atoms with Crippen LogP contribution in [-0.4, -0.2) is 137 Å². The van der Waals surface area contributed by atoms with Crippen LogP contribution in [0.4, 0.5) is 0 Å². The van der Waals surface area contributed by atoms with Crippen molar-refractivity contribution in [2.75, 3.05) is 0 Å². The Bertz CT molecular complexity index is 780. The molecule has 0 aromatic rings. The molecular weight excluding hydrogens is 502 g/mol. The summed E-state index contributed by atoms with van der Waals surface area (Å²) in [6.45, 7) is 4.58. The molecule has 15 atom stereocenters. The topological polar surface area (TPSA) is 235 Å². The first-order valence-electron chi connectivity index (χ1n) is 11.8. The largest absolute Gasteiger partial charge is 0.388 e. The third-order valence-electron chi connectivity index (χ3n) is 6.88. The minimum Gasteiger partial charge on any atom is -0.388 e. The third kappa shape index (κ3) is 6.19. The average Bonchev–Trinajstić information content (AvgIpc) is 2.85. The molecule has 8 N–H and O–H groups in total. The van der Waals surface area contributed by atoms with Crippen molar-refractivity contribution in [1.29, 1.82) is 0 Å². The Hall–Kier alpha value is -1.99. The first-order valence-corrected chi connectivity index (χ1v) is 11.8. The summed E-state index contributed by atoms with van der Waals surface area (Å²) in [5.74, 6) is 0. The van der Waals surface area contributed by atoms with Crippen LogP contribution in [0, 0.1) is 0 Å². The van der Waals surface area contributed by atoms with Crippen molar-refractivity contribution in [2.24, 2.45) is 0 Å². The summed E-state index contributed by atoms with van der Waals surface area (Å²) < 4.78 is 28.4. The van der Waals surface area contributed by atoms with Crippen molar-refractivity contribution in [1.82, 2.24) is 16.0 Å². The molecule has 16 heteroatoms. The summed E-state index contributed by atoms with van der Waals surface area (Å²) in [4.78, 5) is 33.1. The maximum atomic E-state index is 11.2. The fourth-order valence-electron chi connectivity index (χ4n) is 4.85. The summed E-state index contributed by atoms with van der Waals surface area (Å²) in [5.41, 5.74) is 0. The Kier molecular flexibility index (Phi) is 10.2. The highest BCUT2D eigenvalue weighted by Gasteiger charge is 2.53. The molecule has 0 saturated carbocycles. The van der Waals surface area contributed by atoms with Gasteiger partial charge in [-0.15, -0.1) is 0 Å². The number of carbonyl (C=O) groups is 3. The molecule has 3 saturated heterocycles. The van der Waals surface area contributed by atoms with E-state index in [1.165, 1.54) is 20.8 Å². The van der Waals surface area contributed by atoms with E-state index in [0.29, 0.717) is 19.2 Å². The Morgan fingerprint density at radius 2 is 1.03 bits per heavy atom. The zero-order valence-electron chi connectivity index (χ0n) is 20.4. The van der Waals surface area contributed by atoms with Gasteiger partial charge in [0.25, 0.3) is 0 Å². The van der Waals surface area contributed by atoms with Gasteiger partial charge in [-0.1, -0.05) is 0 Å². The van der Waals surface area contributed by atoms with Crippen molar-refractivity contribution in [3.63, 3.8) is 0 Å². The summed E-state index contributed by atoms with van der Waals surface area (Å²) >= 11 is 0. The number of carbonyl (C=O) groups excluding carboxylic acids is 3. The molecule has 0 aromatic carbocycles. The molecule has 3 heterocycles. The molecule has 16 nitrogen and oxygen atoms in total. The lowest BCUT2D eigenvalue weighted by Crippen LogP contribution is -2.69. The molecule has 3 aliphatic rings. The van der Waals surface area contributed by atoms with E-state index in [2.05, 4.69) is 16.0 Å². The molecule has 3 rings (SSSR count). The number of hydrogen-bond acceptors (Lipinski definition) is 13. The van der Waals surface area contributed by atoms with Gasteiger partial charge in [-0.3, -0.25) is 14.4 Å². The monoisotopic (exact) mass is 537 g/mol. The van der Waals surface area contributed by atoms with Crippen LogP contribution in [0.1, 0.15) is 20.8 Å². The molecule has 3 fully saturated rings. The lowest BCUT2D eigenvalue weighted by molar-refractivity contribution is -0.365. The second kappa shape index (κ2) is 12.7. The quantitative estimate of drug-likeness (QED) is 0.122. The maximum Gasteiger partial charge on any atom is 0.207 e. The zero-order valence-corrected chi connectivity index (χ0v) is 20.4. The van der Waals surface area contributed by atoms with Gasteiger partial charge in [0.15, 0.2) is 18.9 Å². The van der Waals surface area contributed by atoms with Crippen molar-refractivity contribution < 1.29 is 63.6 Å². The van der Waals surface area contributed by atoms with E-state index in [-0.39, 0.29) is 0 Å². The minimum absolute atomic E-state index is 0.347. The summed E-state index contributed by atoms with van der Waals surface area (Å²) in [7, 11) is 0. The van der Waals surface area contributed by atoms with Crippen molar-refractivity contribution in [3.05, 3.63) is 0 Å². The first-order chi connectivity index (χ1) is 17.5. The maximum absolute atomic E-state index is 11.2. The predicted octanol–water partition coefficient (Wildman–Crippen LogP) is -5.23. The first kappa shape index (κ1) is 29.6. The van der Waals surface area contributed by atoms with Gasteiger partial charge < -0.3 is 65.2 Å². The second-order valence-electron chi connectivity index (χ2n) is 9.25. The molecule has 0 spiro atoms. The molecule has 3 amide bonds. The summed E-state index contributed by atoms with van der Waals surface area (Å²) in [6.07, 6.45) is -15.2. The summed E-state index contributed by atoms with van der Waals surface area (Å²) in [5, 5.41) is 60.0. The van der Waals surface area contributed by atoms with Gasteiger partial charge in [0.2, 0.25) is 19.2 Å². The van der Waals surface area contributed by atoms with E-state index in [1.807, 2.05) is 0 Å². The van der Waals surface area contributed by atoms with E-state index in [1.54, 1.807) is 0 Å². The Morgan fingerprint density at radius 3 is 1.59 bits per heavy atom. The number of ether oxygens (including phenoxy) is 5. The van der Waals surface area contributed by atoms with Gasteiger partial charge >= 0.3 is 0 Å². The van der Waals surface area contributed by atoms with Gasteiger partial charge in [0.05, 0.1) is 36.4 Å². The molecular formula is C21H35N3O13. The van der Waals surface area contributed by atoms with E-state index in [4.69, 9.17) is 23.7 Å². The number of aliphatic hydroxyl groups excluding tert-OH is 5. The van der Waals surface area contributed by atoms with Crippen LogP contribution in [0.3, 0.4) is 0 Å². The standard InChI is InChI=1S/C21H35N3O13/c1-7-10(22-4-25)13(28)15(30)20(34-7)37-18-14(29)11(23-5-26)8(2)35-21(18)36-17-12(24-6-27)9(3)33-19(32)16(17)31/h4-21,28-32H,1-3H3,(H,22,25)(H,23,26)(H,24,27)/t7-,8-,9-,10-,11-,12-,13+,14+,15+,16+,17+,18+,19?,20-,21-/m1/s1. The molecule has 0 bridgehead atoms. The number of hydrogen-bond donors (Lipinski definition) is 8. The van der Waals surface area contributed by atoms with Crippen LogP contribution in [0.5, 0.6) is 0 Å². The zero-order chi connectivity index (χ0) is 27.4. The van der Waals surface area contributed by atoms with Gasteiger partial charge in [-0.2, -0.15) is 0 Å². The van der Waals surface area contributed by atoms with Crippen LogP contribution < -0.4 is 16.0 Å². The molecule has 212 valence electrons. The Balaban J connectivity index is 1.87. The fraction of sp³-hybridized carbons (Fsp3) is 0.857. The molecule has 0 aliphatic carbocycles. The van der Waals surface area contributed by atoms with E-state index >= 15 is 0 Å². The third-order valence-corrected chi connectivity index (χ3v) is 6.88. The van der Waals surface area contributed by atoms with Crippen molar-refractivity contribution in [3.8, 4) is 0 Å². The number of rotatable bonds is 10. The number of aliphatic hydroxyl groups is 5. The van der Waals surface area contributed by atoms with E-state index in [0.717, 1.165) is 0 Å². The lowest BCUT2D eigenvalue weighted by atomic mass is 9.94. The minimum atomic E-state index is -1.68. The van der Waals surface area contributed by atoms with Crippen LogP contribution in [0.2, 0.25) is 0 Å². The summed E-state index contributed by atoms with van der Waals surface area (Å²) in [6, 6.07) is -2.90. The van der Waals surface area contributed by atoms with Gasteiger partial charge in [-0.05, 0) is 20.8 Å². The van der Waals surface area contributed by atoms with Crippen LogP contribution >= 0.6 is 0 Å². The van der Waals surface area contributed by atoms with Crippen LogP contribution in [0.25, 0.3) is 0 Å². The SMILES string of the molecule is C[C@H]1O[C@H](O[C@@H]2[C@@H](O[C@H]3[C@H](NC=O)[C@@H](C)OC(O)[C@H]3O)O[C@H](C)[C@@H](NC=O)[C@@H]2O)[C@@H](O)[C@@H](O)[C@@H]1NC=O. The molecule has 3 aliphatic heterocycles. The smallest absolute Gasteiger partial charge is 0.207 e. The Labute approximate surface area is 212 Å². The van der Waals surface area contributed by atoms with E-state index in [9.17, 15) is 39.9 Å². The van der Waals surface area contributed by atoms with Crippen LogP contribution in [-0.2, 0) is 38.1 Å². The second-order valence-corrected chi connectivity index (χ2v) is 9.25. The number of nitrogens with one attached hydrogen (secondary N) is 3. The van der Waals surface area contributed by atoms with Crippen molar-refractivity contribution in [2.45, 2.75) is 113 Å². The number of amides is 3. The van der Waals surface area contributed by atoms with E-state index < -0.39 is 91.9 Å². The molecule has 0 aromatic heterocycles. The normalized spacial score (nSPS) is 48.5. The highest BCUT2D eigenvalue weighted by molar-refractivity contribution is 5.48. The van der Waals surface area contributed by atoms with Gasteiger partial charge in [0, 0.05) is 0 Å². The van der Waals surface area contributed by atoms with Gasteiger partial charge in [0.1, 0.15) is 36.6 Å². The molecule has 1 unspecified atom stereocenters.